The molecule has 5 rings (SSSR count). The van der Waals surface area contributed by atoms with Gasteiger partial charge in [-0.3, -0.25) is 14.1 Å². The summed E-state index contributed by atoms with van der Waals surface area (Å²) >= 11 is 0. The van der Waals surface area contributed by atoms with Gasteiger partial charge >= 0.3 is 6.18 Å². The Balaban J connectivity index is 1.44. The molecule has 1 aliphatic heterocycles. The van der Waals surface area contributed by atoms with Crippen LogP contribution in [0.2, 0.25) is 0 Å². The van der Waals surface area contributed by atoms with Crippen LogP contribution in [0.25, 0.3) is 16.8 Å². The van der Waals surface area contributed by atoms with E-state index in [0.717, 1.165) is 60.1 Å². The number of rotatable bonds is 5. The summed E-state index contributed by atoms with van der Waals surface area (Å²) in [6.07, 6.45) is 0.260. The Morgan fingerprint density at radius 1 is 1.13 bits per heavy atom. The molecule has 194 valence electrons. The molecule has 10 heteroatoms. The fourth-order valence-electron chi connectivity index (χ4n) is 4.89. The third kappa shape index (κ3) is 4.93. The fourth-order valence-corrected chi connectivity index (χ4v) is 4.89. The number of nitrogens with zero attached hydrogens (tertiary/aromatic N) is 4. The van der Waals surface area contributed by atoms with E-state index in [-0.39, 0.29) is 17.4 Å². The molecule has 3 N–H and O–H groups in total. The SMILES string of the molecule is CC#CCN1CCCC1c1cc(-c2ccc(C(=O)Nc3cc(C(F)(F)F)ccn3)cc2)n2c(N)nccc12. The molecular weight excluding hydrogens is 493 g/mol. The van der Waals surface area contributed by atoms with E-state index in [2.05, 4.69) is 38.1 Å². The van der Waals surface area contributed by atoms with Gasteiger partial charge in [-0.15, -0.1) is 5.92 Å². The van der Waals surface area contributed by atoms with E-state index in [1.807, 2.05) is 17.4 Å². The second kappa shape index (κ2) is 10.2. The summed E-state index contributed by atoms with van der Waals surface area (Å²) in [7, 11) is 0. The van der Waals surface area contributed by atoms with Gasteiger partial charge in [0.2, 0.25) is 5.95 Å². The minimum absolute atomic E-state index is 0.177. The second-order valence-corrected chi connectivity index (χ2v) is 9.02. The molecule has 0 saturated carbocycles. The smallest absolute Gasteiger partial charge is 0.369 e. The number of alkyl halides is 3. The van der Waals surface area contributed by atoms with Crippen LogP contribution in [0.1, 0.15) is 47.3 Å². The van der Waals surface area contributed by atoms with E-state index in [4.69, 9.17) is 5.73 Å². The lowest BCUT2D eigenvalue weighted by Gasteiger charge is -2.21. The Morgan fingerprint density at radius 2 is 1.89 bits per heavy atom. The van der Waals surface area contributed by atoms with Crippen molar-refractivity contribution in [2.45, 2.75) is 32.0 Å². The Labute approximate surface area is 217 Å². The number of halogens is 3. The molecule has 0 bridgehead atoms. The van der Waals surface area contributed by atoms with Crippen LogP contribution in [0, 0.1) is 11.8 Å². The van der Waals surface area contributed by atoms with E-state index < -0.39 is 17.6 Å². The number of hydrogen-bond donors (Lipinski definition) is 2. The molecule has 7 nitrogen and oxygen atoms in total. The van der Waals surface area contributed by atoms with Crippen LogP contribution in [0.15, 0.2) is 60.9 Å². The number of nitrogen functional groups attached to an aromatic ring is 1. The molecule has 1 unspecified atom stereocenters. The van der Waals surface area contributed by atoms with Crippen LogP contribution < -0.4 is 11.1 Å². The fraction of sp³-hybridized carbons (Fsp3) is 0.250. The van der Waals surface area contributed by atoms with Crippen molar-refractivity contribution >= 4 is 23.2 Å². The summed E-state index contributed by atoms with van der Waals surface area (Å²) in [4.78, 5) is 23.2. The highest BCUT2D eigenvalue weighted by Crippen LogP contribution is 2.38. The second-order valence-electron chi connectivity index (χ2n) is 9.02. The van der Waals surface area contributed by atoms with Gasteiger partial charge in [0.15, 0.2) is 0 Å². The maximum Gasteiger partial charge on any atom is 0.416 e. The molecule has 38 heavy (non-hydrogen) atoms. The first-order valence-corrected chi connectivity index (χ1v) is 12.1. The van der Waals surface area contributed by atoms with Crippen LogP contribution in [0.5, 0.6) is 0 Å². The predicted octanol–water partition coefficient (Wildman–Crippen LogP) is 5.41. The molecule has 0 radical (unpaired) electrons. The van der Waals surface area contributed by atoms with E-state index in [1.54, 1.807) is 30.5 Å². The van der Waals surface area contributed by atoms with Crippen molar-refractivity contribution in [1.82, 2.24) is 19.3 Å². The normalized spacial score (nSPS) is 15.8. The van der Waals surface area contributed by atoms with E-state index >= 15 is 0 Å². The average Bonchev–Trinajstić information content (AvgIpc) is 3.52. The van der Waals surface area contributed by atoms with Crippen LogP contribution in [-0.2, 0) is 6.18 Å². The molecule has 0 aliphatic carbocycles. The monoisotopic (exact) mass is 518 g/mol. The maximum atomic E-state index is 13.0. The first kappa shape index (κ1) is 25.3. The highest BCUT2D eigenvalue weighted by Gasteiger charge is 2.31. The van der Waals surface area contributed by atoms with Gasteiger partial charge in [0.25, 0.3) is 5.91 Å². The number of benzene rings is 1. The van der Waals surface area contributed by atoms with Crippen molar-refractivity contribution in [1.29, 1.82) is 0 Å². The summed E-state index contributed by atoms with van der Waals surface area (Å²) < 4.78 is 40.9. The van der Waals surface area contributed by atoms with Crippen molar-refractivity contribution in [2.75, 3.05) is 24.1 Å². The van der Waals surface area contributed by atoms with E-state index in [0.29, 0.717) is 12.5 Å². The third-order valence-corrected chi connectivity index (χ3v) is 6.69. The topological polar surface area (TPSA) is 88.5 Å². The van der Waals surface area contributed by atoms with Gasteiger partial charge in [-0.2, -0.15) is 13.2 Å². The zero-order valence-electron chi connectivity index (χ0n) is 20.6. The lowest BCUT2D eigenvalue weighted by molar-refractivity contribution is -0.137. The number of carbonyl (C=O) groups excluding carboxylic acids is 1. The van der Waals surface area contributed by atoms with Gasteiger partial charge in [-0.05, 0) is 73.8 Å². The number of amides is 1. The van der Waals surface area contributed by atoms with Crippen molar-refractivity contribution in [2.24, 2.45) is 0 Å². The van der Waals surface area contributed by atoms with Gasteiger partial charge in [0, 0.05) is 24.0 Å². The molecule has 4 aromatic rings. The Bertz CT molecular complexity index is 1550. The molecular formula is C28H25F3N6O. The van der Waals surface area contributed by atoms with Gasteiger partial charge in [-0.25, -0.2) is 9.97 Å². The number of fused-ring (bicyclic) bond motifs is 1. The lowest BCUT2D eigenvalue weighted by Crippen LogP contribution is -2.23. The molecule has 1 fully saturated rings. The number of pyridine rings is 1. The summed E-state index contributed by atoms with van der Waals surface area (Å²) in [6, 6.07) is 12.7. The molecule has 1 saturated heterocycles. The number of hydrogen-bond acceptors (Lipinski definition) is 5. The molecule has 1 atom stereocenters. The largest absolute Gasteiger partial charge is 0.416 e. The first-order chi connectivity index (χ1) is 18.3. The van der Waals surface area contributed by atoms with Crippen LogP contribution in [0.4, 0.5) is 24.9 Å². The molecule has 1 aromatic carbocycles. The summed E-state index contributed by atoms with van der Waals surface area (Å²) in [5.74, 6) is 5.74. The van der Waals surface area contributed by atoms with Crippen LogP contribution in [0.3, 0.4) is 0 Å². The standard InChI is InChI=1S/C28H25F3N6O/c1-2-3-14-36-15-4-5-22(36)21-17-24(37-23(21)11-13-34-27(37)32)18-6-8-19(9-7-18)26(38)35-25-16-20(10-12-33-25)28(29,30)31/h6-13,16-17,22H,4-5,14-15H2,1H3,(H2,32,34)(H,33,35,38). The summed E-state index contributed by atoms with van der Waals surface area (Å²) in [6.45, 7) is 3.50. The van der Waals surface area contributed by atoms with E-state index in [9.17, 15) is 18.0 Å². The van der Waals surface area contributed by atoms with Gasteiger partial charge in [0.05, 0.1) is 23.3 Å². The summed E-state index contributed by atoms with van der Waals surface area (Å²) in [5, 5.41) is 2.43. The number of anilines is 2. The summed E-state index contributed by atoms with van der Waals surface area (Å²) in [5.41, 5.74) is 9.44. The third-order valence-electron chi connectivity index (χ3n) is 6.69. The highest BCUT2D eigenvalue weighted by molar-refractivity contribution is 6.04. The van der Waals surface area contributed by atoms with Gasteiger partial charge in [-0.1, -0.05) is 18.1 Å². The predicted molar refractivity (Wildman–Crippen MR) is 139 cm³/mol. The zero-order chi connectivity index (χ0) is 26.9. The van der Waals surface area contributed by atoms with Gasteiger partial charge in [0.1, 0.15) is 5.82 Å². The Hall–Kier alpha value is -4.36. The molecule has 1 amide bonds. The highest BCUT2D eigenvalue weighted by atomic mass is 19.4. The van der Waals surface area contributed by atoms with Crippen LogP contribution >= 0.6 is 0 Å². The van der Waals surface area contributed by atoms with Crippen molar-refractivity contribution in [3.63, 3.8) is 0 Å². The molecule has 1 aliphatic rings. The zero-order valence-corrected chi connectivity index (χ0v) is 20.6. The number of nitrogens with one attached hydrogen (secondary N) is 1. The maximum absolute atomic E-state index is 13.0. The molecule has 3 aromatic heterocycles. The molecule has 4 heterocycles. The number of nitrogens with two attached hydrogens (primary N) is 1. The number of carbonyl (C=O) groups is 1. The Morgan fingerprint density at radius 3 is 2.63 bits per heavy atom. The minimum Gasteiger partial charge on any atom is -0.369 e. The van der Waals surface area contributed by atoms with Crippen molar-refractivity contribution < 1.29 is 18.0 Å². The lowest BCUT2D eigenvalue weighted by atomic mass is 10.0. The van der Waals surface area contributed by atoms with Crippen molar-refractivity contribution in [3.8, 4) is 23.1 Å². The average molecular weight is 519 g/mol. The van der Waals surface area contributed by atoms with Crippen LogP contribution in [-0.4, -0.2) is 38.3 Å². The van der Waals surface area contributed by atoms with Crippen molar-refractivity contribution in [3.05, 3.63) is 77.6 Å². The first-order valence-electron chi connectivity index (χ1n) is 12.1. The quantitative estimate of drug-likeness (QED) is 0.345. The number of aromatic nitrogens is 3. The molecule has 0 spiro atoms. The van der Waals surface area contributed by atoms with Gasteiger partial charge < -0.3 is 11.1 Å². The minimum atomic E-state index is -4.53. The Kier molecular flexibility index (Phi) is 6.78. The number of likely N-dealkylation sites (tertiary alicyclic amines) is 1. The van der Waals surface area contributed by atoms with E-state index in [1.165, 1.54) is 0 Å².